The number of halogens is 1. The molecule has 0 saturated carbocycles. The van der Waals surface area contributed by atoms with Crippen LogP contribution in [0.4, 0.5) is 0 Å². The van der Waals surface area contributed by atoms with E-state index in [2.05, 4.69) is 21.0 Å². The number of thioether (sulfide) groups is 1. The number of esters is 1. The lowest BCUT2D eigenvalue weighted by Crippen LogP contribution is -2.07. The number of fused-ring (bicyclic) bond motifs is 1. The highest BCUT2D eigenvalue weighted by molar-refractivity contribution is 9.10. The summed E-state index contributed by atoms with van der Waals surface area (Å²) < 4.78 is 7.69. The molecule has 0 aliphatic heterocycles. The molecule has 0 atom stereocenters. The second-order valence-electron chi connectivity index (χ2n) is 5.15. The highest BCUT2D eigenvalue weighted by Gasteiger charge is 2.22. The molecule has 7 heteroatoms. The van der Waals surface area contributed by atoms with Gasteiger partial charge >= 0.3 is 5.97 Å². The van der Waals surface area contributed by atoms with Gasteiger partial charge in [0.05, 0.1) is 17.9 Å². The SMILES string of the molecule is CCOC(=O)c1c(SCC(=O)c2ccc(Br)cc2)nn2ccccc12. The molecule has 2 heterocycles. The van der Waals surface area contributed by atoms with Gasteiger partial charge in [-0.1, -0.05) is 45.9 Å². The molecule has 128 valence electrons. The van der Waals surface area contributed by atoms with Gasteiger partial charge in [-0.15, -0.1) is 0 Å². The summed E-state index contributed by atoms with van der Waals surface area (Å²) in [7, 11) is 0. The minimum absolute atomic E-state index is 0.0237. The van der Waals surface area contributed by atoms with Crippen molar-refractivity contribution >= 4 is 45.0 Å². The van der Waals surface area contributed by atoms with Gasteiger partial charge in [-0.2, -0.15) is 5.10 Å². The summed E-state index contributed by atoms with van der Waals surface area (Å²) in [4.78, 5) is 24.7. The van der Waals surface area contributed by atoms with Crippen molar-refractivity contribution in [1.82, 2.24) is 9.61 Å². The molecule has 3 rings (SSSR count). The Labute approximate surface area is 157 Å². The molecule has 0 amide bonds. The molecule has 0 bridgehead atoms. The van der Waals surface area contributed by atoms with Crippen LogP contribution in [0.5, 0.6) is 0 Å². The quantitative estimate of drug-likeness (QED) is 0.340. The van der Waals surface area contributed by atoms with E-state index in [1.807, 2.05) is 24.3 Å². The number of hydrogen-bond donors (Lipinski definition) is 0. The summed E-state index contributed by atoms with van der Waals surface area (Å²) in [6, 6.07) is 12.7. The van der Waals surface area contributed by atoms with Crippen molar-refractivity contribution < 1.29 is 14.3 Å². The average molecular weight is 419 g/mol. The van der Waals surface area contributed by atoms with E-state index < -0.39 is 5.97 Å². The molecule has 0 aliphatic rings. The van der Waals surface area contributed by atoms with E-state index in [0.717, 1.165) is 4.47 Å². The number of carbonyl (C=O) groups is 2. The maximum atomic E-state index is 12.4. The zero-order chi connectivity index (χ0) is 17.8. The van der Waals surface area contributed by atoms with E-state index in [-0.39, 0.29) is 18.1 Å². The molecule has 25 heavy (non-hydrogen) atoms. The van der Waals surface area contributed by atoms with Crippen molar-refractivity contribution in [3.8, 4) is 0 Å². The van der Waals surface area contributed by atoms with Gasteiger partial charge in [0.15, 0.2) is 5.78 Å². The molecule has 0 radical (unpaired) electrons. The van der Waals surface area contributed by atoms with E-state index in [1.165, 1.54) is 11.8 Å². The Hall–Kier alpha value is -2.12. The van der Waals surface area contributed by atoms with E-state index in [4.69, 9.17) is 4.74 Å². The first kappa shape index (κ1) is 17.7. The van der Waals surface area contributed by atoms with Crippen LogP contribution in [0, 0.1) is 0 Å². The summed E-state index contributed by atoms with van der Waals surface area (Å²) in [6.45, 7) is 2.04. The number of carbonyl (C=O) groups excluding carboxylic acids is 2. The molecule has 0 unspecified atom stereocenters. The Morgan fingerprint density at radius 1 is 1.20 bits per heavy atom. The van der Waals surface area contributed by atoms with Crippen molar-refractivity contribution in [2.75, 3.05) is 12.4 Å². The van der Waals surface area contributed by atoms with Crippen molar-refractivity contribution in [2.24, 2.45) is 0 Å². The number of hydrogen-bond acceptors (Lipinski definition) is 5. The van der Waals surface area contributed by atoms with Gasteiger partial charge in [-0.3, -0.25) is 4.79 Å². The van der Waals surface area contributed by atoms with Crippen molar-refractivity contribution in [3.63, 3.8) is 0 Å². The van der Waals surface area contributed by atoms with E-state index in [9.17, 15) is 9.59 Å². The molecule has 0 aliphatic carbocycles. The third-order valence-electron chi connectivity index (χ3n) is 3.49. The zero-order valence-corrected chi connectivity index (χ0v) is 15.8. The molecular formula is C18H15BrN2O3S. The number of Topliss-reactive ketones (excluding diaryl/α,β-unsaturated/α-hetero) is 1. The van der Waals surface area contributed by atoms with E-state index >= 15 is 0 Å². The Morgan fingerprint density at radius 3 is 2.68 bits per heavy atom. The van der Waals surface area contributed by atoms with Crippen LogP contribution in [0.15, 0.2) is 58.2 Å². The summed E-state index contributed by atoms with van der Waals surface area (Å²) in [5.41, 5.74) is 1.69. The maximum absolute atomic E-state index is 12.4. The molecule has 0 N–H and O–H groups in total. The van der Waals surface area contributed by atoms with Gasteiger partial charge in [-0.05, 0) is 31.2 Å². The number of pyridine rings is 1. The summed E-state index contributed by atoms with van der Waals surface area (Å²) in [5, 5.41) is 4.91. The number of nitrogens with zero attached hydrogens (tertiary/aromatic N) is 2. The fourth-order valence-corrected chi connectivity index (χ4v) is 3.50. The molecule has 2 aromatic heterocycles. The number of rotatable bonds is 6. The first-order chi connectivity index (χ1) is 12.1. The molecule has 0 saturated heterocycles. The van der Waals surface area contributed by atoms with Crippen LogP contribution in [-0.2, 0) is 4.74 Å². The molecule has 0 spiro atoms. The minimum Gasteiger partial charge on any atom is -0.462 e. The Morgan fingerprint density at radius 2 is 1.96 bits per heavy atom. The monoisotopic (exact) mass is 418 g/mol. The number of ether oxygens (including phenoxy) is 1. The van der Waals surface area contributed by atoms with Crippen LogP contribution in [-0.4, -0.2) is 33.7 Å². The number of benzene rings is 1. The molecule has 5 nitrogen and oxygen atoms in total. The van der Waals surface area contributed by atoms with Gasteiger partial charge in [0.2, 0.25) is 0 Å². The van der Waals surface area contributed by atoms with E-state index in [0.29, 0.717) is 21.7 Å². The average Bonchev–Trinajstić information content (AvgIpc) is 2.99. The number of aromatic nitrogens is 2. The standard InChI is InChI=1S/C18H15BrN2O3S/c1-2-24-18(23)16-14-5-3-4-10-21(14)20-17(16)25-11-15(22)12-6-8-13(19)9-7-12/h3-10H,2,11H2,1H3. The predicted molar refractivity (Wildman–Crippen MR) is 100 cm³/mol. The molecule has 3 aromatic rings. The van der Waals surface area contributed by atoms with Crippen molar-refractivity contribution in [2.45, 2.75) is 11.9 Å². The fraction of sp³-hybridized carbons (Fsp3) is 0.167. The third-order valence-corrected chi connectivity index (χ3v) is 4.99. The lowest BCUT2D eigenvalue weighted by atomic mass is 10.2. The zero-order valence-electron chi connectivity index (χ0n) is 13.4. The fourth-order valence-electron chi connectivity index (χ4n) is 2.33. The van der Waals surface area contributed by atoms with Gasteiger partial charge in [0.1, 0.15) is 10.6 Å². The molecular weight excluding hydrogens is 404 g/mol. The minimum atomic E-state index is -0.428. The summed E-state index contributed by atoms with van der Waals surface area (Å²) >= 11 is 4.59. The first-order valence-corrected chi connectivity index (χ1v) is 9.44. The Bertz CT molecular complexity index is 922. The maximum Gasteiger partial charge on any atom is 0.343 e. The summed E-state index contributed by atoms with van der Waals surface area (Å²) in [6.07, 6.45) is 1.76. The highest BCUT2D eigenvalue weighted by Crippen LogP contribution is 2.27. The third kappa shape index (κ3) is 3.93. The van der Waals surface area contributed by atoms with Crippen molar-refractivity contribution in [3.05, 3.63) is 64.3 Å². The normalized spacial score (nSPS) is 10.8. The largest absolute Gasteiger partial charge is 0.462 e. The van der Waals surface area contributed by atoms with E-state index in [1.54, 1.807) is 35.8 Å². The Balaban J connectivity index is 1.85. The lowest BCUT2D eigenvalue weighted by Gasteiger charge is -2.03. The van der Waals surface area contributed by atoms with Gasteiger partial charge in [0, 0.05) is 16.2 Å². The van der Waals surface area contributed by atoms with Crippen LogP contribution in [0.3, 0.4) is 0 Å². The van der Waals surface area contributed by atoms with Crippen molar-refractivity contribution in [1.29, 1.82) is 0 Å². The number of ketones is 1. The van der Waals surface area contributed by atoms with Gasteiger partial charge < -0.3 is 4.74 Å². The second-order valence-corrected chi connectivity index (χ2v) is 7.03. The molecule has 1 aromatic carbocycles. The predicted octanol–water partition coefficient (Wildman–Crippen LogP) is 4.25. The van der Waals surface area contributed by atoms with Crippen LogP contribution >= 0.6 is 27.7 Å². The topological polar surface area (TPSA) is 60.7 Å². The molecule has 0 fully saturated rings. The smallest absolute Gasteiger partial charge is 0.343 e. The second kappa shape index (κ2) is 7.84. The van der Waals surface area contributed by atoms with Gasteiger partial charge in [-0.25, -0.2) is 9.31 Å². The highest BCUT2D eigenvalue weighted by atomic mass is 79.9. The van der Waals surface area contributed by atoms with Crippen LogP contribution in [0.2, 0.25) is 0 Å². The first-order valence-electron chi connectivity index (χ1n) is 7.66. The van der Waals surface area contributed by atoms with Gasteiger partial charge in [0.25, 0.3) is 0 Å². The lowest BCUT2D eigenvalue weighted by molar-refractivity contribution is 0.0524. The summed E-state index contributed by atoms with van der Waals surface area (Å²) in [5.74, 6) is -0.260. The van der Waals surface area contributed by atoms with Crippen LogP contribution in [0.25, 0.3) is 5.52 Å². The van der Waals surface area contributed by atoms with Crippen LogP contribution in [0.1, 0.15) is 27.6 Å². The Kier molecular flexibility index (Phi) is 5.55. The van der Waals surface area contributed by atoms with Crippen LogP contribution < -0.4 is 0 Å².